The van der Waals surface area contributed by atoms with Crippen LogP contribution in [0.5, 0.6) is 0 Å². The molecule has 1 aromatic heterocycles. The van der Waals surface area contributed by atoms with Gasteiger partial charge in [0, 0.05) is 31.0 Å². The van der Waals surface area contributed by atoms with Gasteiger partial charge in [-0.15, -0.1) is 0 Å². The molecule has 1 N–H and O–H groups in total. The van der Waals surface area contributed by atoms with Gasteiger partial charge in [-0.1, -0.05) is 19.3 Å². The van der Waals surface area contributed by atoms with Gasteiger partial charge in [0.25, 0.3) is 5.91 Å². The van der Waals surface area contributed by atoms with E-state index in [1.807, 2.05) is 11.8 Å². The number of hydrogen-bond acceptors (Lipinski definition) is 2. The Morgan fingerprint density at radius 1 is 1.25 bits per heavy atom. The summed E-state index contributed by atoms with van der Waals surface area (Å²) < 4.78 is 0. The van der Waals surface area contributed by atoms with Crippen molar-refractivity contribution in [1.29, 1.82) is 0 Å². The van der Waals surface area contributed by atoms with Crippen LogP contribution in [0.3, 0.4) is 0 Å². The Morgan fingerprint density at radius 3 is 2.75 bits per heavy atom. The van der Waals surface area contributed by atoms with Gasteiger partial charge in [0.2, 0.25) is 0 Å². The maximum Gasteiger partial charge on any atom is 0.259 e. The molecule has 0 radical (unpaired) electrons. The number of carbonyl (C=O) groups excluding carboxylic acids is 1. The predicted octanol–water partition coefficient (Wildman–Crippen LogP) is 2.34. The van der Waals surface area contributed by atoms with Crippen LogP contribution in [0.25, 0.3) is 0 Å². The van der Waals surface area contributed by atoms with Crippen LogP contribution in [0.1, 0.15) is 48.2 Å². The summed E-state index contributed by atoms with van der Waals surface area (Å²) in [4.78, 5) is 29.3. The summed E-state index contributed by atoms with van der Waals surface area (Å²) >= 11 is 0. The number of amides is 1. The first-order chi connectivity index (χ1) is 9.65. The summed E-state index contributed by atoms with van der Waals surface area (Å²) in [7, 11) is 0. The molecule has 2 unspecified atom stereocenters. The number of hydrogen-bond donors (Lipinski definition) is 1. The highest BCUT2D eigenvalue weighted by Gasteiger charge is 2.33. The Labute approximate surface area is 119 Å². The van der Waals surface area contributed by atoms with Gasteiger partial charge in [0.1, 0.15) is 5.56 Å². The number of piperidine rings is 1. The van der Waals surface area contributed by atoms with Crippen LogP contribution in [-0.2, 0) is 0 Å². The molecule has 2 fully saturated rings. The number of nitrogens with one attached hydrogen (secondary N) is 1. The lowest BCUT2D eigenvalue weighted by atomic mass is 9.75. The molecule has 1 saturated heterocycles. The van der Waals surface area contributed by atoms with E-state index in [1.165, 1.54) is 31.7 Å². The van der Waals surface area contributed by atoms with E-state index in [0.717, 1.165) is 31.1 Å². The molecule has 1 saturated carbocycles. The molecule has 2 atom stereocenters. The SMILES string of the molecule is Cc1cc(=O)c(C(=O)N2CCC3CCCCC3C2)c[nH]1. The van der Waals surface area contributed by atoms with Crippen LogP contribution in [0.2, 0.25) is 0 Å². The number of likely N-dealkylation sites (tertiary alicyclic amines) is 1. The maximum atomic E-state index is 12.5. The number of aromatic nitrogens is 1. The summed E-state index contributed by atoms with van der Waals surface area (Å²) in [6, 6.07) is 1.50. The fraction of sp³-hybridized carbons (Fsp3) is 0.625. The zero-order valence-corrected chi connectivity index (χ0v) is 12.0. The Bertz CT molecular complexity index is 564. The number of fused-ring (bicyclic) bond motifs is 1. The molecule has 1 aliphatic carbocycles. The summed E-state index contributed by atoms with van der Waals surface area (Å²) in [5.41, 5.74) is 0.902. The second-order valence-electron chi connectivity index (χ2n) is 6.24. The van der Waals surface area contributed by atoms with Gasteiger partial charge in [0.15, 0.2) is 5.43 Å². The normalized spacial score (nSPS) is 26.1. The van der Waals surface area contributed by atoms with Crippen LogP contribution in [-0.4, -0.2) is 28.9 Å². The number of H-pyrrole nitrogens is 1. The van der Waals surface area contributed by atoms with E-state index in [9.17, 15) is 9.59 Å². The Balaban J connectivity index is 1.76. The molecule has 108 valence electrons. The lowest BCUT2D eigenvalue weighted by Gasteiger charge is -2.41. The van der Waals surface area contributed by atoms with E-state index in [2.05, 4.69) is 4.98 Å². The standard InChI is InChI=1S/C16H22N2O2/c1-11-8-15(19)14(9-17-11)16(20)18-7-6-12-4-2-3-5-13(12)10-18/h8-9,12-13H,2-7,10H2,1H3,(H,17,19). The van der Waals surface area contributed by atoms with Crippen molar-refractivity contribution in [1.82, 2.24) is 9.88 Å². The second kappa shape index (κ2) is 5.43. The highest BCUT2D eigenvalue weighted by atomic mass is 16.2. The van der Waals surface area contributed by atoms with Crippen LogP contribution in [0.15, 0.2) is 17.1 Å². The molecule has 0 aromatic carbocycles. The minimum atomic E-state index is -0.169. The number of carbonyl (C=O) groups is 1. The third-order valence-electron chi connectivity index (χ3n) is 4.87. The molecule has 2 aliphatic rings. The van der Waals surface area contributed by atoms with E-state index in [-0.39, 0.29) is 16.9 Å². The van der Waals surface area contributed by atoms with Gasteiger partial charge in [-0.2, -0.15) is 0 Å². The van der Waals surface area contributed by atoms with E-state index in [1.54, 1.807) is 6.20 Å². The van der Waals surface area contributed by atoms with Crippen molar-refractivity contribution < 1.29 is 4.79 Å². The summed E-state index contributed by atoms with van der Waals surface area (Å²) in [6.07, 6.45) is 7.84. The lowest BCUT2D eigenvalue weighted by molar-refractivity contribution is 0.0519. The lowest BCUT2D eigenvalue weighted by Crippen LogP contribution is -2.45. The fourth-order valence-corrected chi connectivity index (χ4v) is 3.70. The summed E-state index contributed by atoms with van der Waals surface area (Å²) in [6.45, 7) is 3.45. The molecule has 4 nitrogen and oxygen atoms in total. The van der Waals surface area contributed by atoms with Gasteiger partial charge in [-0.25, -0.2) is 0 Å². The molecule has 4 heteroatoms. The predicted molar refractivity (Wildman–Crippen MR) is 77.8 cm³/mol. The molecular weight excluding hydrogens is 252 g/mol. The summed E-state index contributed by atoms with van der Waals surface area (Å²) in [5.74, 6) is 1.34. The minimum absolute atomic E-state index is 0.102. The topological polar surface area (TPSA) is 53.2 Å². The monoisotopic (exact) mass is 274 g/mol. The Morgan fingerprint density at radius 2 is 2.00 bits per heavy atom. The molecule has 3 rings (SSSR count). The number of pyridine rings is 1. The second-order valence-corrected chi connectivity index (χ2v) is 6.24. The van der Waals surface area contributed by atoms with Crippen LogP contribution < -0.4 is 5.43 Å². The van der Waals surface area contributed by atoms with Crippen LogP contribution >= 0.6 is 0 Å². The molecule has 20 heavy (non-hydrogen) atoms. The zero-order valence-electron chi connectivity index (χ0n) is 12.0. The van der Waals surface area contributed by atoms with Gasteiger partial charge >= 0.3 is 0 Å². The van der Waals surface area contributed by atoms with Gasteiger partial charge in [-0.05, 0) is 31.6 Å². The number of aromatic amines is 1. The van der Waals surface area contributed by atoms with Crippen molar-refractivity contribution in [2.24, 2.45) is 11.8 Å². The number of nitrogens with zero attached hydrogens (tertiary/aromatic N) is 1. The van der Waals surface area contributed by atoms with Crippen molar-refractivity contribution in [3.05, 3.63) is 33.7 Å². The number of rotatable bonds is 1. The van der Waals surface area contributed by atoms with Gasteiger partial charge < -0.3 is 9.88 Å². The Kier molecular flexibility index (Phi) is 3.64. The first-order valence-electron chi connectivity index (χ1n) is 7.64. The molecule has 0 bridgehead atoms. The average molecular weight is 274 g/mol. The summed E-state index contributed by atoms with van der Waals surface area (Å²) in [5, 5.41) is 0. The van der Waals surface area contributed by atoms with E-state index >= 15 is 0 Å². The third-order valence-corrected chi connectivity index (χ3v) is 4.87. The minimum Gasteiger partial charge on any atom is -0.364 e. The highest BCUT2D eigenvalue weighted by Crippen LogP contribution is 2.36. The largest absolute Gasteiger partial charge is 0.364 e. The van der Waals surface area contributed by atoms with E-state index in [0.29, 0.717) is 5.92 Å². The first-order valence-corrected chi connectivity index (χ1v) is 7.64. The van der Waals surface area contributed by atoms with Crippen molar-refractivity contribution in [2.75, 3.05) is 13.1 Å². The fourth-order valence-electron chi connectivity index (χ4n) is 3.70. The zero-order chi connectivity index (χ0) is 14.1. The highest BCUT2D eigenvalue weighted by molar-refractivity contribution is 5.93. The average Bonchev–Trinajstić information content (AvgIpc) is 2.46. The molecular formula is C16H22N2O2. The van der Waals surface area contributed by atoms with Gasteiger partial charge in [0.05, 0.1) is 0 Å². The van der Waals surface area contributed by atoms with Crippen molar-refractivity contribution >= 4 is 5.91 Å². The van der Waals surface area contributed by atoms with Crippen molar-refractivity contribution in [3.8, 4) is 0 Å². The van der Waals surface area contributed by atoms with E-state index < -0.39 is 0 Å². The molecule has 1 amide bonds. The third kappa shape index (κ3) is 2.51. The van der Waals surface area contributed by atoms with Crippen LogP contribution in [0, 0.1) is 18.8 Å². The number of aryl methyl sites for hydroxylation is 1. The molecule has 1 aromatic rings. The maximum absolute atomic E-state index is 12.5. The Hall–Kier alpha value is -1.58. The first kappa shape index (κ1) is 13.4. The molecule has 1 aliphatic heterocycles. The van der Waals surface area contributed by atoms with Crippen molar-refractivity contribution in [3.63, 3.8) is 0 Å². The van der Waals surface area contributed by atoms with Crippen LogP contribution in [0.4, 0.5) is 0 Å². The quantitative estimate of drug-likeness (QED) is 0.854. The molecule has 0 spiro atoms. The molecule has 2 heterocycles. The van der Waals surface area contributed by atoms with Gasteiger partial charge in [-0.3, -0.25) is 9.59 Å². The van der Waals surface area contributed by atoms with E-state index in [4.69, 9.17) is 0 Å². The smallest absolute Gasteiger partial charge is 0.259 e. The van der Waals surface area contributed by atoms with Crippen molar-refractivity contribution in [2.45, 2.75) is 39.0 Å².